The maximum atomic E-state index is 5.40. The molecular formula is C8H13NOS. The van der Waals surface area contributed by atoms with Crippen molar-refractivity contribution < 1.29 is 4.74 Å². The molecule has 1 aromatic heterocycles. The quantitative estimate of drug-likeness (QED) is 0.747. The Labute approximate surface area is 71.0 Å². The van der Waals surface area contributed by atoms with Gasteiger partial charge in [0.1, 0.15) is 5.75 Å². The predicted octanol–water partition coefficient (Wildman–Crippen LogP) is 1.65. The molecule has 0 saturated heterocycles. The number of ether oxygens (including phenoxy) is 1. The van der Waals surface area contributed by atoms with Crippen LogP contribution in [-0.4, -0.2) is 13.7 Å². The molecule has 0 atom stereocenters. The van der Waals surface area contributed by atoms with Crippen molar-refractivity contribution in [3.8, 4) is 5.75 Å². The molecule has 0 amide bonds. The summed E-state index contributed by atoms with van der Waals surface area (Å²) in [7, 11) is 1.70. The lowest BCUT2D eigenvalue weighted by Crippen LogP contribution is -1.99. The average molecular weight is 171 g/mol. The molecule has 1 heterocycles. The van der Waals surface area contributed by atoms with Crippen LogP contribution in [0, 0.1) is 0 Å². The summed E-state index contributed by atoms with van der Waals surface area (Å²) >= 11 is 1.73. The SMILES string of the molecule is COc1ccsc1CCCN. The lowest BCUT2D eigenvalue weighted by molar-refractivity contribution is 0.412. The van der Waals surface area contributed by atoms with Crippen LogP contribution in [0.25, 0.3) is 0 Å². The first kappa shape index (κ1) is 8.56. The molecular weight excluding hydrogens is 158 g/mol. The molecule has 62 valence electrons. The minimum Gasteiger partial charge on any atom is -0.496 e. The first-order chi connectivity index (χ1) is 5.38. The first-order valence-corrected chi connectivity index (χ1v) is 4.57. The highest BCUT2D eigenvalue weighted by Crippen LogP contribution is 2.25. The molecule has 0 bridgehead atoms. The molecule has 0 unspecified atom stereocenters. The van der Waals surface area contributed by atoms with E-state index < -0.39 is 0 Å². The summed E-state index contributed by atoms with van der Waals surface area (Å²) < 4.78 is 5.15. The molecule has 1 aromatic rings. The van der Waals surface area contributed by atoms with Gasteiger partial charge in [-0.05, 0) is 30.8 Å². The summed E-state index contributed by atoms with van der Waals surface area (Å²) in [6.07, 6.45) is 2.08. The lowest BCUT2D eigenvalue weighted by Gasteiger charge is -1.99. The zero-order valence-electron chi connectivity index (χ0n) is 6.67. The number of nitrogens with two attached hydrogens (primary N) is 1. The monoisotopic (exact) mass is 171 g/mol. The summed E-state index contributed by atoms with van der Waals surface area (Å²) in [5.74, 6) is 1.00. The molecule has 0 aliphatic heterocycles. The van der Waals surface area contributed by atoms with Crippen molar-refractivity contribution in [3.05, 3.63) is 16.3 Å². The summed E-state index contributed by atoms with van der Waals surface area (Å²) in [6, 6.07) is 2.00. The van der Waals surface area contributed by atoms with Crippen LogP contribution in [0.5, 0.6) is 5.75 Å². The molecule has 0 aliphatic carbocycles. The Kier molecular flexibility index (Phi) is 3.39. The van der Waals surface area contributed by atoms with Gasteiger partial charge in [-0.3, -0.25) is 0 Å². The fourth-order valence-corrected chi connectivity index (χ4v) is 1.84. The average Bonchev–Trinajstić information content (AvgIpc) is 2.47. The first-order valence-electron chi connectivity index (χ1n) is 3.69. The Morgan fingerprint density at radius 3 is 3.09 bits per heavy atom. The smallest absolute Gasteiger partial charge is 0.132 e. The van der Waals surface area contributed by atoms with Gasteiger partial charge in [0.15, 0.2) is 0 Å². The standard InChI is InChI=1S/C8H13NOS/c1-10-7-4-6-11-8(7)3-2-5-9/h4,6H,2-3,5,9H2,1H3. The molecule has 2 nitrogen and oxygen atoms in total. The molecule has 0 fully saturated rings. The normalized spacial score (nSPS) is 10.0. The number of hydrogen-bond acceptors (Lipinski definition) is 3. The van der Waals surface area contributed by atoms with Gasteiger partial charge in [0.25, 0.3) is 0 Å². The minimum absolute atomic E-state index is 0.751. The van der Waals surface area contributed by atoms with E-state index in [1.165, 1.54) is 4.88 Å². The molecule has 0 aliphatic rings. The van der Waals surface area contributed by atoms with Crippen LogP contribution >= 0.6 is 11.3 Å². The van der Waals surface area contributed by atoms with Crippen molar-refractivity contribution in [2.45, 2.75) is 12.8 Å². The van der Waals surface area contributed by atoms with Crippen molar-refractivity contribution in [3.63, 3.8) is 0 Å². The van der Waals surface area contributed by atoms with Crippen LogP contribution in [0.15, 0.2) is 11.4 Å². The molecule has 0 spiro atoms. The van der Waals surface area contributed by atoms with E-state index in [9.17, 15) is 0 Å². The predicted molar refractivity (Wildman–Crippen MR) is 48.2 cm³/mol. The zero-order valence-corrected chi connectivity index (χ0v) is 7.49. The van der Waals surface area contributed by atoms with E-state index in [-0.39, 0.29) is 0 Å². The number of aryl methyl sites for hydroxylation is 1. The van der Waals surface area contributed by atoms with Crippen molar-refractivity contribution in [2.75, 3.05) is 13.7 Å². The van der Waals surface area contributed by atoms with Crippen molar-refractivity contribution >= 4 is 11.3 Å². The van der Waals surface area contributed by atoms with E-state index >= 15 is 0 Å². The molecule has 3 heteroatoms. The zero-order chi connectivity index (χ0) is 8.10. The van der Waals surface area contributed by atoms with E-state index in [2.05, 4.69) is 0 Å². The van der Waals surface area contributed by atoms with Gasteiger partial charge < -0.3 is 10.5 Å². The van der Waals surface area contributed by atoms with Crippen molar-refractivity contribution in [1.29, 1.82) is 0 Å². The number of hydrogen-bond donors (Lipinski definition) is 1. The van der Waals surface area contributed by atoms with Gasteiger partial charge in [-0.15, -0.1) is 11.3 Å². The molecule has 11 heavy (non-hydrogen) atoms. The fourth-order valence-electron chi connectivity index (χ4n) is 0.956. The summed E-state index contributed by atoms with van der Waals surface area (Å²) in [5.41, 5.74) is 5.40. The number of methoxy groups -OCH3 is 1. The van der Waals surface area contributed by atoms with Gasteiger partial charge in [-0.25, -0.2) is 0 Å². The molecule has 2 N–H and O–H groups in total. The summed E-state index contributed by atoms with van der Waals surface area (Å²) in [5, 5.41) is 2.05. The Morgan fingerprint density at radius 2 is 2.45 bits per heavy atom. The Morgan fingerprint density at radius 1 is 1.64 bits per heavy atom. The van der Waals surface area contributed by atoms with Crippen LogP contribution in [0.4, 0.5) is 0 Å². The molecule has 0 saturated carbocycles. The van der Waals surface area contributed by atoms with Crippen LogP contribution in [0.3, 0.4) is 0 Å². The highest BCUT2D eigenvalue weighted by atomic mass is 32.1. The number of rotatable bonds is 4. The van der Waals surface area contributed by atoms with Crippen LogP contribution in [0.1, 0.15) is 11.3 Å². The summed E-state index contributed by atoms with van der Waals surface area (Å²) in [4.78, 5) is 1.30. The number of thiophene rings is 1. The molecule has 1 rings (SSSR count). The van der Waals surface area contributed by atoms with Gasteiger partial charge >= 0.3 is 0 Å². The Hall–Kier alpha value is -0.540. The van der Waals surface area contributed by atoms with Gasteiger partial charge in [0.2, 0.25) is 0 Å². The third-order valence-electron chi connectivity index (χ3n) is 1.53. The van der Waals surface area contributed by atoms with E-state index in [0.717, 1.165) is 25.1 Å². The lowest BCUT2D eigenvalue weighted by atomic mass is 10.2. The Bertz CT molecular complexity index is 210. The van der Waals surface area contributed by atoms with E-state index in [1.807, 2.05) is 11.4 Å². The van der Waals surface area contributed by atoms with Crippen molar-refractivity contribution in [1.82, 2.24) is 0 Å². The van der Waals surface area contributed by atoms with Gasteiger partial charge in [-0.2, -0.15) is 0 Å². The maximum Gasteiger partial charge on any atom is 0.132 e. The van der Waals surface area contributed by atoms with Gasteiger partial charge in [0, 0.05) is 4.88 Å². The third kappa shape index (κ3) is 2.20. The minimum atomic E-state index is 0.751. The van der Waals surface area contributed by atoms with Gasteiger partial charge in [-0.1, -0.05) is 0 Å². The van der Waals surface area contributed by atoms with Crippen LogP contribution in [0.2, 0.25) is 0 Å². The van der Waals surface area contributed by atoms with Crippen molar-refractivity contribution in [2.24, 2.45) is 5.73 Å². The summed E-state index contributed by atoms with van der Waals surface area (Å²) in [6.45, 7) is 0.751. The van der Waals surface area contributed by atoms with Gasteiger partial charge in [0.05, 0.1) is 7.11 Å². The highest BCUT2D eigenvalue weighted by Gasteiger charge is 2.01. The largest absolute Gasteiger partial charge is 0.496 e. The van der Waals surface area contributed by atoms with Crippen LogP contribution < -0.4 is 10.5 Å². The fraction of sp³-hybridized carbons (Fsp3) is 0.500. The van der Waals surface area contributed by atoms with E-state index in [1.54, 1.807) is 18.4 Å². The molecule has 0 aromatic carbocycles. The second-order valence-electron chi connectivity index (χ2n) is 2.30. The van der Waals surface area contributed by atoms with E-state index in [4.69, 9.17) is 10.5 Å². The topological polar surface area (TPSA) is 35.2 Å². The van der Waals surface area contributed by atoms with E-state index in [0.29, 0.717) is 0 Å². The second-order valence-corrected chi connectivity index (χ2v) is 3.31. The second kappa shape index (κ2) is 4.36. The Balaban J connectivity index is 2.54. The third-order valence-corrected chi connectivity index (χ3v) is 2.49. The maximum absolute atomic E-state index is 5.40. The molecule has 0 radical (unpaired) electrons. The highest BCUT2D eigenvalue weighted by molar-refractivity contribution is 7.10. The van der Waals surface area contributed by atoms with Crippen LogP contribution in [-0.2, 0) is 6.42 Å².